The van der Waals surface area contributed by atoms with Crippen molar-refractivity contribution < 1.29 is 0 Å². The van der Waals surface area contributed by atoms with E-state index in [0.717, 1.165) is 5.33 Å². The molecule has 3 rings (SSSR count). The summed E-state index contributed by atoms with van der Waals surface area (Å²) in [6, 6.07) is 26.7. The third kappa shape index (κ3) is 5.86. The number of alkyl halides is 1. The van der Waals surface area contributed by atoms with Gasteiger partial charge in [-0.25, -0.2) is 0 Å². The minimum absolute atomic E-state index is 0.224. The second-order valence-corrected chi connectivity index (χ2v) is 7.84. The maximum Gasteiger partial charge on any atom is 0.0361 e. The fourth-order valence-corrected chi connectivity index (χ4v) is 3.68. The molecule has 0 amide bonds. The fourth-order valence-electron chi connectivity index (χ4n) is 3.31. The molecule has 0 radical (unpaired) electrons. The first-order valence-corrected chi connectivity index (χ1v) is 11.3. The Morgan fingerprint density at radius 1 is 0.586 bits per heavy atom. The molecule has 0 aliphatic heterocycles. The molecule has 0 bridgehead atoms. The largest absolute Gasteiger partial charge is 0.378 e. The Balaban J connectivity index is 0.00000145. The molecule has 3 aromatic carbocycles. The molecule has 0 aromatic heterocycles. The fraction of sp³-hybridized carbons (Fsp3) is 0.308. The summed E-state index contributed by atoms with van der Waals surface area (Å²) in [4.78, 5) is 4.27. The van der Waals surface area contributed by atoms with Crippen molar-refractivity contribution in [1.29, 1.82) is 0 Å². The average molecular weight is 453 g/mol. The van der Waals surface area contributed by atoms with Crippen LogP contribution in [0.15, 0.2) is 72.8 Å². The van der Waals surface area contributed by atoms with Crippen LogP contribution in [0.5, 0.6) is 0 Å². The van der Waals surface area contributed by atoms with E-state index in [1.165, 1.54) is 33.6 Å². The minimum atomic E-state index is 0.224. The lowest BCUT2D eigenvalue weighted by Crippen LogP contribution is -2.10. The molecule has 0 saturated heterocycles. The summed E-state index contributed by atoms with van der Waals surface area (Å²) in [5, 5.41) is 0.882. The van der Waals surface area contributed by atoms with Gasteiger partial charge < -0.3 is 9.80 Å². The van der Waals surface area contributed by atoms with Gasteiger partial charge in [0, 0.05) is 50.8 Å². The van der Waals surface area contributed by atoms with Crippen LogP contribution in [0.4, 0.5) is 11.4 Å². The van der Waals surface area contributed by atoms with Crippen LogP contribution in [-0.4, -0.2) is 28.2 Å². The summed E-state index contributed by atoms with van der Waals surface area (Å²) in [6.07, 6.45) is 0. The summed E-state index contributed by atoms with van der Waals surface area (Å²) in [6.45, 7) is 4.00. The molecule has 29 heavy (non-hydrogen) atoms. The maximum absolute atomic E-state index is 3.54. The van der Waals surface area contributed by atoms with Gasteiger partial charge in [0.15, 0.2) is 0 Å². The van der Waals surface area contributed by atoms with Crippen LogP contribution >= 0.6 is 15.9 Å². The van der Waals surface area contributed by atoms with E-state index in [1.54, 1.807) is 0 Å². The molecule has 0 aliphatic rings. The second kappa shape index (κ2) is 11.1. The van der Waals surface area contributed by atoms with E-state index >= 15 is 0 Å². The monoisotopic (exact) mass is 452 g/mol. The standard InChI is InChI=1S/C24H27BrN2.C2H6/c1-26(2)22-13-9-20(10-14-22)24(19-7-5-18(17-25)6-8-19)21-11-15-23(16-12-21)27(3)4;1-2/h5-16,24H,17H2,1-4H3;1-2H3. The Labute approximate surface area is 185 Å². The maximum atomic E-state index is 3.54. The molecule has 0 heterocycles. The van der Waals surface area contributed by atoms with Crippen molar-refractivity contribution in [1.82, 2.24) is 0 Å². The minimum Gasteiger partial charge on any atom is -0.378 e. The number of anilines is 2. The summed E-state index contributed by atoms with van der Waals surface area (Å²) >= 11 is 3.54. The van der Waals surface area contributed by atoms with E-state index in [-0.39, 0.29) is 5.92 Å². The van der Waals surface area contributed by atoms with E-state index < -0.39 is 0 Å². The predicted octanol–water partition coefficient (Wildman–Crippen LogP) is 6.92. The highest BCUT2D eigenvalue weighted by Gasteiger charge is 2.17. The number of benzene rings is 3. The molecule has 0 aliphatic carbocycles. The first-order chi connectivity index (χ1) is 14.0. The van der Waals surface area contributed by atoms with Gasteiger partial charge in [0.1, 0.15) is 0 Å². The lowest BCUT2D eigenvalue weighted by Gasteiger charge is -2.22. The molecule has 3 heteroatoms. The summed E-state index contributed by atoms with van der Waals surface area (Å²) in [7, 11) is 8.30. The van der Waals surface area contributed by atoms with Crippen LogP contribution < -0.4 is 9.80 Å². The SMILES string of the molecule is CC.CN(C)c1ccc(C(c2ccc(CBr)cc2)c2ccc(N(C)C)cc2)cc1. The van der Waals surface area contributed by atoms with E-state index in [1.807, 2.05) is 13.8 Å². The van der Waals surface area contributed by atoms with Gasteiger partial charge in [0.2, 0.25) is 0 Å². The predicted molar refractivity (Wildman–Crippen MR) is 133 cm³/mol. The molecule has 154 valence electrons. The Morgan fingerprint density at radius 3 is 1.17 bits per heavy atom. The highest BCUT2D eigenvalue weighted by Crippen LogP contribution is 2.34. The molecule has 0 saturated carbocycles. The average Bonchev–Trinajstić information content (AvgIpc) is 2.76. The normalized spacial score (nSPS) is 10.3. The first kappa shape index (κ1) is 23.0. The Hall–Kier alpha value is -2.26. The third-order valence-corrected chi connectivity index (χ3v) is 5.60. The first-order valence-electron chi connectivity index (χ1n) is 10.2. The van der Waals surface area contributed by atoms with Crippen molar-refractivity contribution in [3.8, 4) is 0 Å². The van der Waals surface area contributed by atoms with E-state index in [4.69, 9.17) is 0 Å². The Morgan fingerprint density at radius 2 is 0.897 bits per heavy atom. The molecule has 0 unspecified atom stereocenters. The zero-order valence-corrected chi connectivity index (χ0v) is 20.1. The van der Waals surface area contributed by atoms with Crippen LogP contribution in [0, 0.1) is 0 Å². The second-order valence-electron chi connectivity index (χ2n) is 7.28. The number of hydrogen-bond donors (Lipinski definition) is 0. The number of nitrogens with zero attached hydrogens (tertiary/aromatic N) is 2. The quantitative estimate of drug-likeness (QED) is 0.295. The topological polar surface area (TPSA) is 6.48 Å². The van der Waals surface area contributed by atoms with Crippen molar-refractivity contribution in [2.24, 2.45) is 0 Å². The van der Waals surface area contributed by atoms with E-state index in [0.29, 0.717) is 0 Å². The number of halogens is 1. The van der Waals surface area contributed by atoms with Crippen LogP contribution in [0.3, 0.4) is 0 Å². The molecule has 0 spiro atoms. The van der Waals surface area contributed by atoms with Gasteiger partial charge >= 0.3 is 0 Å². The number of hydrogen-bond acceptors (Lipinski definition) is 2. The van der Waals surface area contributed by atoms with Crippen LogP contribution in [0.2, 0.25) is 0 Å². The van der Waals surface area contributed by atoms with Crippen LogP contribution in [-0.2, 0) is 5.33 Å². The van der Waals surface area contributed by atoms with Crippen molar-refractivity contribution in [2.45, 2.75) is 25.1 Å². The highest BCUT2D eigenvalue weighted by molar-refractivity contribution is 9.08. The lowest BCUT2D eigenvalue weighted by atomic mass is 9.84. The van der Waals surface area contributed by atoms with Gasteiger partial charge in [-0.3, -0.25) is 0 Å². The summed E-state index contributed by atoms with van der Waals surface area (Å²) in [5.41, 5.74) is 7.66. The zero-order valence-electron chi connectivity index (χ0n) is 18.5. The van der Waals surface area contributed by atoms with Gasteiger partial charge in [-0.15, -0.1) is 0 Å². The molecule has 0 N–H and O–H groups in total. The van der Waals surface area contributed by atoms with Crippen molar-refractivity contribution in [3.05, 3.63) is 95.1 Å². The molecular weight excluding hydrogens is 420 g/mol. The van der Waals surface area contributed by atoms with E-state index in [2.05, 4.69) is 127 Å². The van der Waals surface area contributed by atoms with Gasteiger partial charge in [-0.2, -0.15) is 0 Å². The highest BCUT2D eigenvalue weighted by atomic mass is 79.9. The van der Waals surface area contributed by atoms with Crippen LogP contribution in [0.1, 0.15) is 42.0 Å². The Kier molecular flexibility index (Phi) is 8.78. The van der Waals surface area contributed by atoms with Crippen molar-refractivity contribution >= 4 is 27.3 Å². The van der Waals surface area contributed by atoms with Gasteiger partial charge in [-0.1, -0.05) is 78.3 Å². The molecular formula is C26H33BrN2. The molecule has 3 aromatic rings. The Bertz CT molecular complexity index is 799. The van der Waals surface area contributed by atoms with Crippen LogP contribution in [0.25, 0.3) is 0 Å². The van der Waals surface area contributed by atoms with Crippen molar-refractivity contribution in [2.75, 3.05) is 38.0 Å². The molecule has 0 atom stereocenters. The summed E-state index contributed by atoms with van der Waals surface area (Å²) < 4.78 is 0. The van der Waals surface area contributed by atoms with Gasteiger partial charge in [-0.05, 0) is 46.5 Å². The summed E-state index contributed by atoms with van der Waals surface area (Å²) in [5.74, 6) is 0.224. The lowest BCUT2D eigenvalue weighted by molar-refractivity contribution is 0.972. The molecule has 2 nitrogen and oxygen atoms in total. The molecule has 0 fully saturated rings. The number of rotatable bonds is 6. The van der Waals surface area contributed by atoms with Gasteiger partial charge in [0.25, 0.3) is 0 Å². The zero-order chi connectivity index (χ0) is 21.4. The van der Waals surface area contributed by atoms with Crippen molar-refractivity contribution in [3.63, 3.8) is 0 Å². The van der Waals surface area contributed by atoms with Gasteiger partial charge in [0.05, 0.1) is 0 Å². The van der Waals surface area contributed by atoms with E-state index in [9.17, 15) is 0 Å². The third-order valence-electron chi connectivity index (χ3n) is 4.95. The smallest absolute Gasteiger partial charge is 0.0361 e.